The minimum atomic E-state index is 0.363. The molecule has 1 aromatic rings. The Bertz CT molecular complexity index is 254. The molecule has 0 fully saturated rings. The van der Waals surface area contributed by atoms with Crippen molar-refractivity contribution in [2.75, 3.05) is 13.1 Å². The molecular weight excluding hydrogens is 192 g/mol. The van der Waals surface area contributed by atoms with E-state index in [-0.39, 0.29) is 0 Å². The number of hydrogen-bond acceptors (Lipinski definition) is 3. The maximum atomic E-state index is 5.70. The molecular formula is C11H20N2S. The van der Waals surface area contributed by atoms with Gasteiger partial charge in [0.25, 0.3) is 0 Å². The summed E-state index contributed by atoms with van der Waals surface area (Å²) in [4.78, 5) is 1.41. The number of hydrogen-bond donors (Lipinski definition) is 2. The van der Waals surface area contributed by atoms with Crippen molar-refractivity contribution in [1.82, 2.24) is 0 Å². The summed E-state index contributed by atoms with van der Waals surface area (Å²) < 4.78 is 0. The SMILES string of the molecule is CCCCc1ccsc1C(CN)CN. The Morgan fingerprint density at radius 2 is 2.07 bits per heavy atom. The number of nitrogens with two attached hydrogens (primary N) is 2. The van der Waals surface area contributed by atoms with Crippen LogP contribution in [0.15, 0.2) is 11.4 Å². The lowest BCUT2D eigenvalue weighted by Crippen LogP contribution is -2.21. The molecule has 0 aromatic carbocycles. The van der Waals surface area contributed by atoms with Gasteiger partial charge in [-0.1, -0.05) is 13.3 Å². The van der Waals surface area contributed by atoms with Crippen LogP contribution in [0.25, 0.3) is 0 Å². The fraction of sp³-hybridized carbons (Fsp3) is 0.636. The van der Waals surface area contributed by atoms with Gasteiger partial charge < -0.3 is 11.5 Å². The zero-order valence-corrected chi connectivity index (χ0v) is 9.65. The summed E-state index contributed by atoms with van der Waals surface area (Å²) >= 11 is 1.80. The first kappa shape index (κ1) is 11.7. The maximum Gasteiger partial charge on any atom is 0.0181 e. The van der Waals surface area contributed by atoms with Gasteiger partial charge in [-0.2, -0.15) is 0 Å². The van der Waals surface area contributed by atoms with E-state index in [0.717, 1.165) is 0 Å². The van der Waals surface area contributed by atoms with Gasteiger partial charge in [0.2, 0.25) is 0 Å². The summed E-state index contributed by atoms with van der Waals surface area (Å²) in [7, 11) is 0. The lowest BCUT2D eigenvalue weighted by Gasteiger charge is -2.12. The Morgan fingerprint density at radius 1 is 1.36 bits per heavy atom. The monoisotopic (exact) mass is 212 g/mol. The third kappa shape index (κ3) is 2.80. The lowest BCUT2D eigenvalue weighted by molar-refractivity contribution is 0.703. The summed E-state index contributed by atoms with van der Waals surface area (Å²) in [6, 6.07) is 2.22. The highest BCUT2D eigenvalue weighted by molar-refractivity contribution is 7.10. The Balaban J connectivity index is 2.69. The van der Waals surface area contributed by atoms with Crippen LogP contribution in [0, 0.1) is 0 Å². The van der Waals surface area contributed by atoms with Crippen molar-refractivity contribution in [2.24, 2.45) is 11.5 Å². The molecule has 1 rings (SSSR count). The van der Waals surface area contributed by atoms with Crippen LogP contribution in [0.1, 0.15) is 36.1 Å². The molecule has 0 unspecified atom stereocenters. The fourth-order valence-electron chi connectivity index (χ4n) is 1.59. The molecule has 0 radical (unpaired) electrons. The molecule has 0 aliphatic rings. The third-order valence-corrected chi connectivity index (χ3v) is 3.64. The summed E-state index contributed by atoms with van der Waals surface area (Å²) in [5.74, 6) is 0.363. The first-order chi connectivity index (χ1) is 6.83. The lowest BCUT2D eigenvalue weighted by atomic mass is 10.0. The Hall–Kier alpha value is -0.380. The van der Waals surface area contributed by atoms with Crippen LogP contribution in [0.5, 0.6) is 0 Å². The Morgan fingerprint density at radius 3 is 2.64 bits per heavy atom. The zero-order chi connectivity index (χ0) is 10.4. The van der Waals surface area contributed by atoms with Crippen LogP contribution in [-0.4, -0.2) is 13.1 Å². The van der Waals surface area contributed by atoms with Crippen LogP contribution in [0.4, 0.5) is 0 Å². The van der Waals surface area contributed by atoms with Crippen LogP contribution in [0.2, 0.25) is 0 Å². The van der Waals surface area contributed by atoms with Gasteiger partial charge in [0.15, 0.2) is 0 Å². The minimum Gasteiger partial charge on any atom is -0.330 e. The summed E-state index contributed by atoms with van der Waals surface area (Å²) in [5.41, 5.74) is 12.9. The van der Waals surface area contributed by atoms with E-state index in [9.17, 15) is 0 Å². The van der Waals surface area contributed by atoms with Crippen LogP contribution in [-0.2, 0) is 6.42 Å². The van der Waals surface area contributed by atoms with Crippen molar-refractivity contribution in [3.63, 3.8) is 0 Å². The first-order valence-electron chi connectivity index (χ1n) is 5.29. The smallest absolute Gasteiger partial charge is 0.0181 e. The molecule has 4 N–H and O–H groups in total. The topological polar surface area (TPSA) is 52.0 Å². The van der Waals surface area contributed by atoms with Crippen molar-refractivity contribution < 1.29 is 0 Å². The maximum absolute atomic E-state index is 5.70. The Labute approximate surface area is 90.3 Å². The minimum absolute atomic E-state index is 0.363. The molecule has 0 saturated carbocycles. The van der Waals surface area contributed by atoms with Gasteiger partial charge >= 0.3 is 0 Å². The predicted octanol–water partition coefficient (Wildman–Crippen LogP) is 2.09. The molecule has 3 heteroatoms. The van der Waals surface area contributed by atoms with Crippen molar-refractivity contribution in [1.29, 1.82) is 0 Å². The van der Waals surface area contributed by atoms with Crippen LogP contribution < -0.4 is 11.5 Å². The second-order valence-corrected chi connectivity index (χ2v) is 4.53. The predicted molar refractivity (Wildman–Crippen MR) is 63.8 cm³/mol. The van der Waals surface area contributed by atoms with Crippen LogP contribution in [0.3, 0.4) is 0 Å². The molecule has 0 atom stereocenters. The molecule has 0 aliphatic carbocycles. The number of thiophene rings is 1. The van der Waals surface area contributed by atoms with Crippen molar-refractivity contribution >= 4 is 11.3 Å². The van der Waals surface area contributed by atoms with Gasteiger partial charge in [0.05, 0.1) is 0 Å². The van der Waals surface area contributed by atoms with Gasteiger partial charge in [0.1, 0.15) is 0 Å². The molecule has 0 saturated heterocycles. The first-order valence-corrected chi connectivity index (χ1v) is 6.17. The fourth-order valence-corrected chi connectivity index (χ4v) is 2.68. The van der Waals surface area contributed by atoms with Gasteiger partial charge in [-0.3, -0.25) is 0 Å². The number of unbranched alkanes of at least 4 members (excludes halogenated alkanes) is 1. The van der Waals surface area contributed by atoms with E-state index in [1.54, 1.807) is 11.3 Å². The third-order valence-electron chi connectivity index (χ3n) is 2.52. The highest BCUT2D eigenvalue weighted by atomic mass is 32.1. The highest BCUT2D eigenvalue weighted by Crippen LogP contribution is 2.26. The summed E-state index contributed by atoms with van der Waals surface area (Å²) in [6.07, 6.45) is 3.67. The molecule has 0 amide bonds. The van der Waals surface area contributed by atoms with E-state index in [2.05, 4.69) is 18.4 Å². The van der Waals surface area contributed by atoms with E-state index in [4.69, 9.17) is 11.5 Å². The molecule has 0 bridgehead atoms. The van der Waals surface area contributed by atoms with Gasteiger partial charge in [-0.15, -0.1) is 11.3 Å². The van der Waals surface area contributed by atoms with Gasteiger partial charge in [0, 0.05) is 23.9 Å². The second kappa shape index (κ2) is 6.17. The van der Waals surface area contributed by atoms with Crippen molar-refractivity contribution in [2.45, 2.75) is 32.1 Å². The van der Waals surface area contributed by atoms with E-state index in [1.165, 1.54) is 29.7 Å². The molecule has 0 spiro atoms. The molecule has 2 nitrogen and oxygen atoms in total. The zero-order valence-electron chi connectivity index (χ0n) is 8.83. The van der Waals surface area contributed by atoms with Crippen molar-refractivity contribution in [3.05, 3.63) is 21.9 Å². The molecule has 14 heavy (non-hydrogen) atoms. The average Bonchev–Trinajstić information content (AvgIpc) is 2.65. The van der Waals surface area contributed by atoms with E-state index in [0.29, 0.717) is 19.0 Å². The second-order valence-electron chi connectivity index (χ2n) is 3.58. The van der Waals surface area contributed by atoms with Gasteiger partial charge in [-0.25, -0.2) is 0 Å². The largest absolute Gasteiger partial charge is 0.330 e. The quantitative estimate of drug-likeness (QED) is 0.758. The molecule has 0 aliphatic heterocycles. The van der Waals surface area contributed by atoms with E-state index in [1.807, 2.05) is 0 Å². The van der Waals surface area contributed by atoms with Crippen molar-refractivity contribution in [3.8, 4) is 0 Å². The average molecular weight is 212 g/mol. The number of rotatable bonds is 6. The Kier molecular flexibility index (Phi) is 5.15. The van der Waals surface area contributed by atoms with E-state index < -0.39 is 0 Å². The normalized spacial score (nSPS) is 11.1. The molecule has 1 aromatic heterocycles. The van der Waals surface area contributed by atoms with E-state index >= 15 is 0 Å². The van der Waals surface area contributed by atoms with Crippen LogP contribution >= 0.6 is 11.3 Å². The highest BCUT2D eigenvalue weighted by Gasteiger charge is 2.13. The summed E-state index contributed by atoms with van der Waals surface area (Å²) in [6.45, 7) is 3.54. The molecule has 80 valence electrons. The summed E-state index contributed by atoms with van der Waals surface area (Å²) in [5, 5.41) is 2.15. The molecule has 1 heterocycles. The number of aryl methyl sites for hydroxylation is 1. The standard InChI is InChI=1S/C11H20N2S/c1-2-3-4-9-5-6-14-11(9)10(7-12)8-13/h5-6,10H,2-4,7-8,12-13H2,1H3. The van der Waals surface area contributed by atoms with Gasteiger partial charge in [-0.05, 0) is 29.9 Å².